The van der Waals surface area contributed by atoms with Crippen LogP contribution in [0.1, 0.15) is 46.0 Å². The van der Waals surface area contributed by atoms with Gasteiger partial charge in [-0.3, -0.25) is 20.3 Å². The van der Waals surface area contributed by atoms with Gasteiger partial charge in [-0.1, -0.05) is 19.3 Å². The summed E-state index contributed by atoms with van der Waals surface area (Å²) in [6, 6.07) is 0.214. The lowest BCUT2D eigenvalue weighted by molar-refractivity contribution is -0.142. The van der Waals surface area contributed by atoms with Crippen LogP contribution < -0.4 is 16.6 Å². The summed E-state index contributed by atoms with van der Waals surface area (Å²) in [6.07, 6.45) is 5.62. The molecular formula is C13H23N5O2. The summed E-state index contributed by atoms with van der Waals surface area (Å²) in [6.45, 7) is 3.58. The van der Waals surface area contributed by atoms with E-state index in [2.05, 4.69) is 15.7 Å². The number of hydrazine groups is 1. The smallest absolute Gasteiger partial charge is 0.252 e. The first-order valence-electron chi connectivity index (χ1n) is 7.11. The van der Waals surface area contributed by atoms with Gasteiger partial charge in [-0.05, 0) is 26.7 Å². The summed E-state index contributed by atoms with van der Waals surface area (Å²) >= 11 is 0. The van der Waals surface area contributed by atoms with Crippen molar-refractivity contribution in [2.24, 2.45) is 10.8 Å². The molecule has 1 aliphatic heterocycles. The Labute approximate surface area is 118 Å². The van der Waals surface area contributed by atoms with Crippen LogP contribution in [0.25, 0.3) is 0 Å². The molecule has 0 radical (unpaired) electrons. The number of nitrogens with one attached hydrogen (secondary N) is 2. The highest BCUT2D eigenvalue weighted by Crippen LogP contribution is 2.23. The van der Waals surface area contributed by atoms with Gasteiger partial charge in [0.1, 0.15) is 12.1 Å². The van der Waals surface area contributed by atoms with Crippen molar-refractivity contribution in [3.63, 3.8) is 0 Å². The van der Waals surface area contributed by atoms with Crippen LogP contribution in [0.4, 0.5) is 0 Å². The van der Waals surface area contributed by atoms with Gasteiger partial charge in [-0.2, -0.15) is 0 Å². The molecule has 0 aromatic heterocycles. The number of carbonyl (C=O) groups is 2. The molecule has 1 saturated heterocycles. The summed E-state index contributed by atoms with van der Waals surface area (Å²) in [5.41, 5.74) is 1.71. The number of hydrogen-bond donors (Lipinski definition) is 3. The van der Waals surface area contributed by atoms with Gasteiger partial charge < -0.3 is 4.90 Å². The molecule has 0 aromatic rings. The molecule has 7 nitrogen and oxygen atoms in total. The molecule has 0 unspecified atom stereocenters. The zero-order valence-corrected chi connectivity index (χ0v) is 12.1. The number of imide groups is 1. The molecule has 0 spiro atoms. The molecule has 2 amide bonds. The summed E-state index contributed by atoms with van der Waals surface area (Å²) in [4.78, 5) is 29.8. The number of aliphatic imine (C=N–C) groups is 1. The van der Waals surface area contributed by atoms with Crippen molar-refractivity contribution in [3.8, 4) is 0 Å². The minimum absolute atomic E-state index is 0.0779. The molecule has 2 fully saturated rings. The van der Waals surface area contributed by atoms with Crippen LogP contribution in [0.15, 0.2) is 4.99 Å². The average Bonchev–Trinajstić information content (AvgIpc) is 2.42. The molecule has 0 atom stereocenters. The normalized spacial score (nSPS) is 24.6. The maximum atomic E-state index is 12.0. The van der Waals surface area contributed by atoms with E-state index in [-0.39, 0.29) is 24.4 Å². The summed E-state index contributed by atoms with van der Waals surface area (Å²) in [5.74, 6) is 5.32. The van der Waals surface area contributed by atoms with Crippen molar-refractivity contribution >= 4 is 17.8 Å². The van der Waals surface area contributed by atoms with Gasteiger partial charge in [0, 0.05) is 0 Å². The van der Waals surface area contributed by atoms with Crippen molar-refractivity contribution in [3.05, 3.63) is 0 Å². The quantitative estimate of drug-likeness (QED) is 0.204. The highest BCUT2D eigenvalue weighted by atomic mass is 16.2. The third kappa shape index (κ3) is 2.92. The zero-order chi connectivity index (χ0) is 14.8. The zero-order valence-electron chi connectivity index (χ0n) is 12.1. The number of amides is 2. The molecule has 1 aliphatic carbocycles. The van der Waals surface area contributed by atoms with Crippen molar-refractivity contribution < 1.29 is 9.59 Å². The van der Waals surface area contributed by atoms with E-state index in [0.717, 1.165) is 25.7 Å². The topological polar surface area (TPSA) is 99.8 Å². The maximum Gasteiger partial charge on any atom is 0.252 e. The van der Waals surface area contributed by atoms with Crippen molar-refractivity contribution in [1.29, 1.82) is 0 Å². The second kappa shape index (κ2) is 5.78. The summed E-state index contributed by atoms with van der Waals surface area (Å²) in [7, 11) is 0. The van der Waals surface area contributed by atoms with E-state index < -0.39 is 5.54 Å². The number of hydrogen-bond acceptors (Lipinski definition) is 4. The summed E-state index contributed by atoms with van der Waals surface area (Å²) in [5, 5.41) is 2.34. The number of nitrogens with two attached hydrogens (primary N) is 1. The Morgan fingerprint density at radius 1 is 1.35 bits per heavy atom. The minimum atomic E-state index is -0.853. The lowest BCUT2D eigenvalue weighted by atomic mass is 9.96. The van der Waals surface area contributed by atoms with E-state index in [0.29, 0.717) is 5.96 Å². The van der Waals surface area contributed by atoms with Crippen LogP contribution in [0.3, 0.4) is 0 Å². The first kappa shape index (κ1) is 14.8. The molecule has 2 rings (SSSR count). The largest absolute Gasteiger partial charge is 0.318 e. The molecule has 0 aromatic carbocycles. The van der Waals surface area contributed by atoms with Crippen molar-refractivity contribution in [1.82, 2.24) is 15.6 Å². The van der Waals surface area contributed by atoms with E-state index in [9.17, 15) is 9.59 Å². The average molecular weight is 281 g/mol. The first-order valence-corrected chi connectivity index (χ1v) is 7.11. The monoisotopic (exact) mass is 281 g/mol. The predicted octanol–water partition coefficient (Wildman–Crippen LogP) is -0.125. The molecule has 1 saturated carbocycles. The van der Waals surface area contributed by atoms with E-state index in [1.165, 1.54) is 6.42 Å². The minimum Gasteiger partial charge on any atom is -0.318 e. The van der Waals surface area contributed by atoms with Gasteiger partial charge in [0.25, 0.3) is 5.91 Å². The van der Waals surface area contributed by atoms with E-state index in [1.807, 2.05) is 0 Å². The van der Waals surface area contributed by atoms with Crippen LogP contribution >= 0.6 is 0 Å². The van der Waals surface area contributed by atoms with Crippen LogP contribution in [-0.4, -0.2) is 40.8 Å². The van der Waals surface area contributed by atoms with E-state index >= 15 is 0 Å². The molecule has 2 aliphatic rings. The van der Waals surface area contributed by atoms with Crippen LogP contribution in [0.5, 0.6) is 0 Å². The predicted molar refractivity (Wildman–Crippen MR) is 75.6 cm³/mol. The SMILES string of the molecule is CC1(C)C(=O)NC(=O)CN1C(=NC1CCCCC1)NN. The number of nitrogens with zero attached hydrogens (tertiary/aromatic N) is 2. The number of guanidine groups is 1. The lowest BCUT2D eigenvalue weighted by Gasteiger charge is -2.41. The van der Waals surface area contributed by atoms with Gasteiger partial charge in [-0.25, -0.2) is 10.8 Å². The first-order chi connectivity index (χ1) is 9.45. The molecule has 112 valence electrons. The standard InChI is InChI=1S/C13H23N5O2/c1-13(2)11(20)16-10(19)8-18(13)12(17-14)15-9-6-4-3-5-7-9/h9H,3-8,14H2,1-2H3,(H,15,17)(H,16,19,20). The lowest BCUT2D eigenvalue weighted by Crippen LogP contribution is -2.68. The van der Waals surface area contributed by atoms with Crippen LogP contribution in [-0.2, 0) is 9.59 Å². The fraction of sp³-hybridized carbons (Fsp3) is 0.769. The Bertz CT molecular complexity index is 426. The fourth-order valence-electron chi connectivity index (χ4n) is 2.69. The van der Waals surface area contributed by atoms with Crippen LogP contribution in [0.2, 0.25) is 0 Å². The molecular weight excluding hydrogens is 258 g/mol. The third-order valence-corrected chi connectivity index (χ3v) is 4.05. The van der Waals surface area contributed by atoms with Crippen LogP contribution in [0, 0.1) is 0 Å². The Kier molecular flexibility index (Phi) is 4.27. The van der Waals surface area contributed by atoms with Gasteiger partial charge in [-0.15, -0.1) is 0 Å². The summed E-state index contributed by atoms with van der Waals surface area (Å²) < 4.78 is 0. The van der Waals surface area contributed by atoms with Gasteiger partial charge >= 0.3 is 0 Å². The molecule has 20 heavy (non-hydrogen) atoms. The molecule has 4 N–H and O–H groups in total. The van der Waals surface area contributed by atoms with Crippen molar-refractivity contribution in [2.75, 3.05) is 6.54 Å². The Morgan fingerprint density at radius 2 is 2.00 bits per heavy atom. The number of rotatable bonds is 1. The Morgan fingerprint density at radius 3 is 2.60 bits per heavy atom. The highest BCUT2D eigenvalue weighted by Gasteiger charge is 2.42. The second-order valence-electron chi connectivity index (χ2n) is 5.91. The second-order valence-corrected chi connectivity index (χ2v) is 5.91. The van der Waals surface area contributed by atoms with Gasteiger partial charge in [0.15, 0.2) is 0 Å². The molecule has 7 heteroatoms. The fourth-order valence-corrected chi connectivity index (χ4v) is 2.69. The number of piperazine rings is 1. The molecule has 0 bridgehead atoms. The van der Waals surface area contributed by atoms with Gasteiger partial charge in [0.2, 0.25) is 11.9 Å². The Hall–Kier alpha value is -1.63. The maximum absolute atomic E-state index is 12.0. The van der Waals surface area contributed by atoms with E-state index in [1.54, 1.807) is 18.7 Å². The molecule has 1 heterocycles. The Balaban J connectivity index is 2.22. The third-order valence-electron chi connectivity index (χ3n) is 4.05. The van der Waals surface area contributed by atoms with Gasteiger partial charge in [0.05, 0.1) is 6.04 Å². The highest BCUT2D eigenvalue weighted by molar-refractivity contribution is 6.06. The van der Waals surface area contributed by atoms with Crippen molar-refractivity contribution in [2.45, 2.75) is 57.5 Å². The number of carbonyl (C=O) groups excluding carboxylic acids is 2. The van der Waals surface area contributed by atoms with E-state index in [4.69, 9.17) is 5.84 Å².